The maximum atomic E-state index is 12.8. The Morgan fingerprint density at radius 2 is 1.73 bits per heavy atom. The summed E-state index contributed by atoms with van der Waals surface area (Å²) in [5.41, 5.74) is 0.709. The molecule has 2 aromatic carbocycles. The summed E-state index contributed by atoms with van der Waals surface area (Å²) in [6.45, 7) is 0. The minimum atomic E-state index is -0.258. The summed E-state index contributed by atoms with van der Waals surface area (Å²) in [6.07, 6.45) is 1.81. The third-order valence-corrected chi connectivity index (χ3v) is 5.89. The van der Waals surface area contributed by atoms with E-state index in [0.29, 0.717) is 11.4 Å². The highest BCUT2D eigenvalue weighted by Crippen LogP contribution is 2.57. The van der Waals surface area contributed by atoms with Crippen molar-refractivity contribution >= 4 is 17.6 Å². The average molecular weight is 349 g/mol. The van der Waals surface area contributed by atoms with Crippen LogP contribution in [0.15, 0.2) is 54.6 Å². The Hall–Kier alpha value is -2.82. The van der Waals surface area contributed by atoms with Gasteiger partial charge in [-0.2, -0.15) is 0 Å². The third-order valence-electron chi connectivity index (χ3n) is 5.89. The van der Waals surface area contributed by atoms with Crippen molar-refractivity contribution in [3.05, 3.63) is 54.6 Å². The highest BCUT2D eigenvalue weighted by atomic mass is 16.6. The summed E-state index contributed by atoms with van der Waals surface area (Å²) >= 11 is 0. The fraction of sp³-hybridized carbons (Fsp3) is 0.333. The van der Waals surface area contributed by atoms with Crippen LogP contribution in [-0.2, 0) is 14.3 Å². The number of nitrogens with one attached hydrogen (secondary N) is 1. The smallest absolute Gasteiger partial charge is 0.310 e. The van der Waals surface area contributed by atoms with Crippen LogP contribution in [0, 0.1) is 23.7 Å². The van der Waals surface area contributed by atoms with Gasteiger partial charge in [0.1, 0.15) is 17.6 Å². The fourth-order valence-electron chi connectivity index (χ4n) is 4.82. The van der Waals surface area contributed by atoms with E-state index in [1.54, 1.807) is 0 Å². The third kappa shape index (κ3) is 2.46. The van der Waals surface area contributed by atoms with E-state index in [1.165, 1.54) is 0 Å². The van der Waals surface area contributed by atoms with E-state index in [9.17, 15) is 9.59 Å². The van der Waals surface area contributed by atoms with Crippen LogP contribution in [0.25, 0.3) is 0 Å². The summed E-state index contributed by atoms with van der Waals surface area (Å²) in [7, 11) is 0. The van der Waals surface area contributed by atoms with Gasteiger partial charge in [0.25, 0.3) is 0 Å². The lowest BCUT2D eigenvalue weighted by atomic mass is 9.79. The first-order chi connectivity index (χ1) is 12.7. The molecule has 0 aromatic heterocycles. The maximum absolute atomic E-state index is 12.8. The van der Waals surface area contributed by atoms with E-state index in [-0.39, 0.29) is 41.7 Å². The Morgan fingerprint density at radius 1 is 1.00 bits per heavy atom. The molecular formula is C21H19NO4. The topological polar surface area (TPSA) is 64.6 Å². The summed E-state index contributed by atoms with van der Waals surface area (Å²) < 4.78 is 11.2. The number of carbonyl (C=O) groups excluding carboxylic acids is 2. The quantitative estimate of drug-likeness (QED) is 0.857. The predicted molar refractivity (Wildman–Crippen MR) is 94.7 cm³/mol. The lowest BCUT2D eigenvalue weighted by Gasteiger charge is -2.23. The van der Waals surface area contributed by atoms with Gasteiger partial charge in [0.2, 0.25) is 5.91 Å². The minimum Gasteiger partial charge on any atom is -0.462 e. The van der Waals surface area contributed by atoms with Crippen LogP contribution >= 0.6 is 0 Å². The van der Waals surface area contributed by atoms with E-state index in [1.807, 2.05) is 54.6 Å². The van der Waals surface area contributed by atoms with Crippen molar-refractivity contribution in [1.82, 2.24) is 0 Å². The highest BCUT2D eigenvalue weighted by Gasteiger charge is 2.63. The number of hydrogen-bond acceptors (Lipinski definition) is 4. The zero-order valence-electron chi connectivity index (χ0n) is 14.1. The number of ether oxygens (including phenoxy) is 2. The molecule has 1 N–H and O–H groups in total. The molecule has 0 spiro atoms. The van der Waals surface area contributed by atoms with E-state index >= 15 is 0 Å². The number of benzene rings is 2. The summed E-state index contributed by atoms with van der Waals surface area (Å²) in [5.74, 6) is 1.21. The Labute approximate surface area is 151 Å². The largest absolute Gasteiger partial charge is 0.462 e. The van der Waals surface area contributed by atoms with Crippen LogP contribution in [0.4, 0.5) is 5.69 Å². The SMILES string of the molecule is O=C(Nc1ccc(Oc2ccccc2)cc1)[C@@H]1[C@@H]2C[C@H]3[C@@H]1C(=O)O[C@@H]3C2. The van der Waals surface area contributed by atoms with Crippen LogP contribution < -0.4 is 10.1 Å². The van der Waals surface area contributed by atoms with Gasteiger partial charge in [0, 0.05) is 11.6 Å². The Balaban J connectivity index is 1.27. The molecule has 2 aliphatic carbocycles. The van der Waals surface area contributed by atoms with Crippen molar-refractivity contribution in [2.75, 3.05) is 5.32 Å². The van der Waals surface area contributed by atoms with Crippen molar-refractivity contribution in [2.45, 2.75) is 18.9 Å². The van der Waals surface area contributed by atoms with Gasteiger partial charge < -0.3 is 14.8 Å². The van der Waals surface area contributed by atoms with Gasteiger partial charge in [-0.3, -0.25) is 9.59 Å². The number of esters is 1. The zero-order chi connectivity index (χ0) is 17.7. The second-order valence-electron chi connectivity index (χ2n) is 7.35. The van der Waals surface area contributed by atoms with Gasteiger partial charge in [-0.1, -0.05) is 18.2 Å². The molecule has 3 fully saturated rings. The number of carbonyl (C=O) groups is 2. The number of amides is 1. The molecule has 5 atom stereocenters. The molecule has 0 radical (unpaired) electrons. The number of para-hydroxylation sites is 1. The summed E-state index contributed by atoms with van der Waals surface area (Å²) in [4.78, 5) is 24.8. The fourth-order valence-corrected chi connectivity index (χ4v) is 4.82. The molecule has 3 aliphatic rings. The second kappa shape index (κ2) is 5.87. The predicted octanol–water partition coefficient (Wildman–Crippen LogP) is 3.62. The van der Waals surface area contributed by atoms with Gasteiger partial charge in [-0.15, -0.1) is 0 Å². The van der Waals surface area contributed by atoms with Crippen molar-refractivity contribution in [2.24, 2.45) is 23.7 Å². The molecule has 1 amide bonds. The first kappa shape index (κ1) is 15.4. The number of anilines is 1. The molecule has 5 heteroatoms. The number of rotatable bonds is 4. The molecule has 132 valence electrons. The molecular weight excluding hydrogens is 330 g/mol. The van der Waals surface area contributed by atoms with Gasteiger partial charge in [0.05, 0.1) is 11.8 Å². The average Bonchev–Trinajstić information content (AvgIpc) is 3.26. The van der Waals surface area contributed by atoms with Gasteiger partial charge in [-0.05, 0) is 55.2 Å². The van der Waals surface area contributed by atoms with E-state index < -0.39 is 0 Å². The van der Waals surface area contributed by atoms with Crippen LogP contribution in [-0.4, -0.2) is 18.0 Å². The standard InChI is InChI=1S/C21H19NO4/c23-20(18-12-10-16-17(11-12)26-21(24)19(16)18)22-13-6-8-15(9-7-13)25-14-4-2-1-3-5-14/h1-9,12,16-19H,10-11H2,(H,22,23)/t12-,16-,17-,18-,19+/m1/s1. The van der Waals surface area contributed by atoms with E-state index in [0.717, 1.165) is 18.6 Å². The van der Waals surface area contributed by atoms with Crippen LogP contribution in [0.1, 0.15) is 12.8 Å². The molecule has 1 aliphatic heterocycles. The number of hydrogen-bond donors (Lipinski definition) is 1. The van der Waals surface area contributed by atoms with Crippen molar-refractivity contribution in [1.29, 1.82) is 0 Å². The maximum Gasteiger partial charge on any atom is 0.310 e. The summed E-state index contributed by atoms with van der Waals surface area (Å²) in [6, 6.07) is 16.8. The lowest BCUT2D eigenvalue weighted by molar-refractivity contribution is -0.145. The van der Waals surface area contributed by atoms with E-state index in [4.69, 9.17) is 9.47 Å². The number of fused-ring (bicyclic) bond motifs is 1. The monoisotopic (exact) mass is 349 g/mol. The molecule has 5 nitrogen and oxygen atoms in total. The minimum absolute atomic E-state index is 0.0518. The Morgan fingerprint density at radius 3 is 2.50 bits per heavy atom. The van der Waals surface area contributed by atoms with Crippen molar-refractivity contribution in [3.63, 3.8) is 0 Å². The highest BCUT2D eigenvalue weighted by molar-refractivity contribution is 5.97. The Bertz CT molecular complexity index is 846. The summed E-state index contributed by atoms with van der Waals surface area (Å²) in [5, 5.41) is 2.96. The van der Waals surface area contributed by atoms with Gasteiger partial charge in [-0.25, -0.2) is 0 Å². The first-order valence-corrected chi connectivity index (χ1v) is 9.03. The normalized spacial score (nSPS) is 30.9. The molecule has 2 aromatic rings. The van der Waals surface area contributed by atoms with Gasteiger partial charge >= 0.3 is 5.97 Å². The lowest BCUT2D eigenvalue weighted by Crippen LogP contribution is -2.35. The molecule has 2 saturated carbocycles. The second-order valence-corrected chi connectivity index (χ2v) is 7.35. The molecule has 0 unspecified atom stereocenters. The molecule has 26 heavy (non-hydrogen) atoms. The first-order valence-electron chi connectivity index (χ1n) is 9.03. The van der Waals surface area contributed by atoms with E-state index in [2.05, 4.69) is 5.32 Å². The van der Waals surface area contributed by atoms with Crippen LogP contribution in [0.3, 0.4) is 0 Å². The molecule has 5 rings (SSSR count). The zero-order valence-corrected chi connectivity index (χ0v) is 14.1. The van der Waals surface area contributed by atoms with Gasteiger partial charge in [0.15, 0.2) is 0 Å². The molecule has 1 heterocycles. The van der Waals surface area contributed by atoms with Crippen molar-refractivity contribution in [3.8, 4) is 11.5 Å². The molecule has 1 saturated heterocycles. The Kier molecular flexibility index (Phi) is 3.48. The molecule has 2 bridgehead atoms. The van der Waals surface area contributed by atoms with Crippen LogP contribution in [0.2, 0.25) is 0 Å². The van der Waals surface area contributed by atoms with Crippen LogP contribution in [0.5, 0.6) is 11.5 Å². The van der Waals surface area contributed by atoms with Crippen molar-refractivity contribution < 1.29 is 19.1 Å².